The molecule has 0 spiro atoms. The van der Waals surface area contributed by atoms with Crippen LogP contribution in [0.5, 0.6) is 0 Å². The molecule has 0 amide bonds. The number of hydrogen-bond donors (Lipinski definition) is 1. The standard InChI is InChI=1S/C12H8Cl2F3N3/c1-6-2-3-7(4-8(6)12(15,16)17)19-10-9(13)5-18-11(14)20-10/h2-5H,1H3,(H,18,19,20). The van der Waals surface area contributed by atoms with Crippen molar-refractivity contribution in [3.05, 3.63) is 45.8 Å². The maximum Gasteiger partial charge on any atom is 0.416 e. The molecule has 20 heavy (non-hydrogen) atoms. The topological polar surface area (TPSA) is 37.8 Å². The lowest BCUT2D eigenvalue weighted by atomic mass is 10.1. The van der Waals surface area contributed by atoms with E-state index in [1.807, 2.05) is 0 Å². The van der Waals surface area contributed by atoms with E-state index < -0.39 is 11.7 Å². The number of hydrogen-bond acceptors (Lipinski definition) is 3. The van der Waals surface area contributed by atoms with E-state index in [9.17, 15) is 13.2 Å². The van der Waals surface area contributed by atoms with Crippen LogP contribution in [0.15, 0.2) is 24.4 Å². The fourth-order valence-electron chi connectivity index (χ4n) is 1.58. The second kappa shape index (κ2) is 5.46. The van der Waals surface area contributed by atoms with Gasteiger partial charge < -0.3 is 5.32 Å². The Morgan fingerprint density at radius 1 is 1.20 bits per heavy atom. The van der Waals surface area contributed by atoms with Gasteiger partial charge in [-0.05, 0) is 36.2 Å². The van der Waals surface area contributed by atoms with Gasteiger partial charge in [-0.3, -0.25) is 0 Å². The average Bonchev–Trinajstić information content (AvgIpc) is 2.35. The number of alkyl halides is 3. The van der Waals surface area contributed by atoms with Gasteiger partial charge in [0, 0.05) is 5.69 Å². The minimum absolute atomic E-state index is 0.0555. The molecule has 8 heteroatoms. The molecule has 0 bridgehead atoms. The fourth-order valence-corrected chi connectivity index (χ4v) is 1.85. The molecule has 0 atom stereocenters. The molecular formula is C12H8Cl2F3N3. The number of halogens is 5. The molecule has 0 aliphatic heterocycles. The van der Waals surface area contributed by atoms with Crippen LogP contribution >= 0.6 is 23.2 Å². The van der Waals surface area contributed by atoms with Gasteiger partial charge in [-0.15, -0.1) is 0 Å². The fraction of sp³-hybridized carbons (Fsp3) is 0.167. The lowest BCUT2D eigenvalue weighted by molar-refractivity contribution is -0.138. The van der Waals surface area contributed by atoms with E-state index in [-0.39, 0.29) is 27.4 Å². The SMILES string of the molecule is Cc1ccc(Nc2nc(Cl)ncc2Cl)cc1C(F)(F)F. The molecule has 0 fully saturated rings. The Bertz CT molecular complexity index is 644. The highest BCUT2D eigenvalue weighted by Gasteiger charge is 2.32. The molecule has 0 saturated carbocycles. The van der Waals surface area contributed by atoms with Gasteiger partial charge in [0.2, 0.25) is 5.28 Å². The Balaban J connectivity index is 2.37. The van der Waals surface area contributed by atoms with Crippen LogP contribution in [0.25, 0.3) is 0 Å². The van der Waals surface area contributed by atoms with Gasteiger partial charge in [-0.1, -0.05) is 17.7 Å². The molecular weight excluding hydrogens is 314 g/mol. The van der Waals surface area contributed by atoms with Crippen molar-refractivity contribution in [3.63, 3.8) is 0 Å². The van der Waals surface area contributed by atoms with Crippen LogP contribution in [0.2, 0.25) is 10.3 Å². The molecule has 106 valence electrons. The third kappa shape index (κ3) is 3.32. The summed E-state index contributed by atoms with van der Waals surface area (Å²) in [5.74, 6) is 0.142. The van der Waals surface area contributed by atoms with Crippen LogP contribution in [0.1, 0.15) is 11.1 Å². The molecule has 1 aromatic carbocycles. The van der Waals surface area contributed by atoms with Crippen molar-refractivity contribution < 1.29 is 13.2 Å². The first-order chi connectivity index (χ1) is 9.27. The summed E-state index contributed by atoms with van der Waals surface area (Å²) in [5.41, 5.74) is -0.381. The highest BCUT2D eigenvalue weighted by Crippen LogP contribution is 2.34. The number of nitrogens with zero attached hydrogens (tertiary/aromatic N) is 2. The van der Waals surface area contributed by atoms with Gasteiger partial charge >= 0.3 is 6.18 Å². The molecule has 1 aromatic heterocycles. The predicted molar refractivity (Wildman–Crippen MR) is 71.5 cm³/mol. The van der Waals surface area contributed by atoms with E-state index in [0.29, 0.717) is 0 Å². The van der Waals surface area contributed by atoms with E-state index in [1.165, 1.54) is 25.3 Å². The Labute approximate surface area is 122 Å². The molecule has 0 saturated heterocycles. The molecule has 0 aliphatic rings. The monoisotopic (exact) mass is 321 g/mol. The second-order valence-corrected chi connectivity index (χ2v) is 4.73. The lowest BCUT2D eigenvalue weighted by Crippen LogP contribution is -2.08. The summed E-state index contributed by atoms with van der Waals surface area (Å²) in [6.07, 6.45) is -3.16. The van der Waals surface area contributed by atoms with E-state index in [1.54, 1.807) is 0 Å². The van der Waals surface area contributed by atoms with Crippen LogP contribution in [-0.2, 0) is 6.18 Å². The summed E-state index contributed by atoms with van der Waals surface area (Å²) in [6.45, 7) is 1.39. The first-order valence-electron chi connectivity index (χ1n) is 5.40. The predicted octanol–water partition coefficient (Wildman–Crippen LogP) is 4.85. The van der Waals surface area contributed by atoms with Crippen molar-refractivity contribution in [2.24, 2.45) is 0 Å². The van der Waals surface area contributed by atoms with Crippen LogP contribution in [0.3, 0.4) is 0 Å². The number of nitrogens with one attached hydrogen (secondary N) is 1. The first kappa shape index (κ1) is 14.9. The molecule has 1 heterocycles. The number of aromatic nitrogens is 2. The maximum atomic E-state index is 12.8. The van der Waals surface area contributed by atoms with Gasteiger partial charge in [-0.2, -0.15) is 18.2 Å². The van der Waals surface area contributed by atoms with Crippen molar-refractivity contribution in [1.82, 2.24) is 9.97 Å². The highest BCUT2D eigenvalue weighted by molar-refractivity contribution is 6.33. The Hall–Kier alpha value is -1.53. The van der Waals surface area contributed by atoms with E-state index in [0.717, 1.165) is 6.07 Å². The molecule has 1 N–H and O–H groups in total. The van der Waals surface area contributed by atoms with Crippen molar-refractivity contribution in [3.8, 4) is 0 Å². The smallest absolute Gasteiger partial charge is 0.339 e. The molecule has 0 radical (unpaired) electrons. The molecule has 0 unspecified atom stereocenters. The lowest BCUT2D eigenvalue weighted by Gasteiger charge is -2.13. The number of anilines is 2. The third-order valence-corrected chi connectivity index (χ3v) is 2.98. The van der Waals surface area contributed by atoms with Gasteiger partial charge in [-0.25, -0.2) is 4.98 Å². The summed E-state index contributed by atoms with van der Waals surface area (Å²) in [5, 5.41) is 2.79. The third-order valence-electron chi connectivity index (χ3n) is 2.52. The Morgan fingerprint density at radius 3 is 2.55 bits per heavy atom. The van der Waals surface area contributed by atoms with Crippen LogP contribution in [0, 0.1) is 6.92 Å². The van der Waals surface area contributed by atoms with Crippen LogP contribution in [0.4, 0.5) is 24.7 Å². The summed E-state index contributed by atoms with van der Waals surface area (Å²) in [6, 6.07) is 3.85. The van der Waals surface area contributed by atoms with Gasteiger partial charge in [0.1, 0.15) is 5.02 Å². The summed E-state index contributed by atoms with van der Waals surface area (Å²) in [4.78, 5) is 7.47. The van der Waals surface area contributed by atoms with Gasteiger partial charge in [0.15, 0.2) is 5.82 Å². The van der Waals surface area contributed by atoms with Crippen LogP contribution < -0.4 is 5.32 Å². The summed E-state index contributed by atoms with van der Waals surface area (Å²) < 4.78 is 38.4. The largest absolute Gasteiger partial charge is 0.416 e. The molecule has 0 aliphatic carbocycles. The van der Waals surface area contributed by atoms with E-state index in [4.69, 9.17) is 23.2 Å². The first-order valence-corrected chi connectivity index (χ1v) is 6.16. The quantitative estimate of drug-likeness (QED) is 0.803. The summed E-state index contributed by atoms with van der Waals surface area (Å²) in [7, 11) is 0. The van der Waals surface area contributed by atoms with Gasteiger partial charge in [0.25, 0.3) is 0 Å². The minimum atomic E-state index is -4.42. The Morgan fingerprint density at radius 2 is 1.90 bits per heavy atom. The van der Waals surface area contributed by atoms with Crippen molar-refractivity contribution >= 4 is 34.7 Å². The number of benzene rings is 1. The van der Waals surface area contributed by atoms with Crippen LogP contribution in [-0.4, -0.2) is 9.97 Å². The second-order valence-electron chi connectivity index (χ2n) is 3.99. The number of rotatable bonds is 2. The normalized spacial score (nSPS) is 11.5. The summed E-state index contributed by atoms with van der Waals surface area (Å²) >= 11 is 11.4. The van der Waals surface area contributed by atoms with E-state index in [2.05, 4.69) is 15.3 Å². The van der Waals surface area contributed by atoms with E-state index >= 15 is 0 Å². The Kier molecular flexibility index (Phi) is 4.06. The molecule has 2 aromatic rings. The average molecular weight is 322 g/mol. The highest BCUT2D eigenvalue weighted by atomic mass is 35.5. The minimum Gasteiger partial charge on any atom is -0.339 e. The maximum absolute atomic E-state index is 12.8. The van der Waals surface area contributed by atoms with Crippen molar-refractivity contribution in [1.29, 1.82) is 0 Å². The zero-order valence-electron chi connectivity index (χ0n) is 10.1. The zero-order chi connectivity index (χ0) is 14.9. The number of aryl methyl sites for hydroxylation is 1. The molecule has 3 nitrogen and oxygen atoms in total. The zero-order valence-corrected chi connectivity index (χ0v) is 11.6. The van der Waals surface area contributed by atoms with Crippen molar-refractivity contribution in [2.45, 2.75) is 13.1 Å². The van der Waals surface area contributed by atoms with Crippen molar-refractivity contribution in [2.75, 3.05) is 5.32 Å². The van der Waals surface area contributed by atoms with Gasteiger partial charge in [0.05, 0.1) is 11.8 Å². The molecule has 2 rings (SSSR count).